The first kappa shape index (κ1) is 21.3. The first-order valence-corrected chi connectivity index (χ1v) is 11.1. The molecule has 0 atom stereocenters. The highest BCUT2D eigenvalue weighted by Gasteiger charge is 2.26. The van der Waals surface area contributed by atoms with Crippen molar-refractivity contribution in [1.29, 1.82) is 0 Å². The average molecular weight is 485 g/mol. The number of carbonyl (C=O) groups is 2. The average Bonchev–Trinajstić information content (AvgIpc) is 3.38. The minimum absolute atomic E-state index is 0.0127. The molecular weight excluding hydrogens is 460 g/mol. The molecule has 0 saturated carbocycles. The number of aromatic nitrogens is 4. The molecule has 1 aliphatic rings. The van der Waals surface area contributed by atoms with Gasteiger partial charge < -0.3 is 10.2 Å². The Morgan fingerprint density at radius 1 is 1.13 bits per heavy atom. The lowest BCUT2D eigenvalue weighted by molar-refractivity contribution is 0.0683. The molecule has 1 N–H and O–H groups in total. The molecule has 8 nitrogen and oxygen atoms in total. The Morgan fingerprint density at radius 3 is 2.48 bits per heavy atom. The molecule has 1 aliphatic heterocycles. The number of rotatable bonds is 5. The van der Waals surface area contributed by atoms with Crippen molar-refractivity contribution in [3.8, 4) is 5.69 Å². The number of carbonyl (C=O) groups excluding carboxylic acids is 2. The highest BCUT2D eigenvalue weighted by atomic mass is 79.9. The maximum Gasteiger partial charge on any atom is 0.257 e. The lowest BCUT2D eigenvalue weighted by Crippen LogP contribution is -2.41. The number of likely N-dealkylation sites (tertiary alicyclic amines) is 1. The van der Waals surface area contributed by atoms with E-state index >= 15 is 0 Å². The van der Waals surface area contributed by atoms with Crippen molar-refractivity contribution in [3.05, 3.63) is 64.1 Å². The van der Waals surface area contributed by atoms with Crippen molar-refractivity contribution in [2.45, 2.75) is 19.8 Å². The summed E-state index contributed by atoms with van der Waals surface area (Å²) in [7, 11) is 1.79. The third-order valence-electron chi connectivity index (χ3n) is 5.73. The van der Waals surface area contributed by atoms with Crippen LogP contribution in [0.25, 0.3) is 5.69 Å². The normalized spacial score (nSPS) is 14.6. The number of aryl methyl sites for hydroxylation is 1. The van der Waals surface area contributed by atoms with Gasteiger partial charge in [-0.25, -0.2) is 4.68 Å². The Morgan fingerprint density at radius 2 is 1.84 bits per heavy atom. The molecule has 0 bridgehead atoms. The molecule has 3 aromatic rings. The van der Waals surface area contributed by atoms with E-state index in [-0.39, 0.29) is 11.8 Å². The van der Waals surface area contributed by atoms with Crippen molar-refractivity contribution >= 4 is 27.7 Å². The van der Waals surface area contributed by atoms with Gasteiger partial charge in [-0.05, 0) is 49.9 Å². The van der Waals surface area contributed by atoms with E-state index in [9.17, 15) is 9.59 Å². The maximum atomic E-state index is 13.1. The van der Waals surface area contributed by atoms with Crippen molar-refractivity contribution in [2.24, 2.45) is 13.0 Å². The lowest BCUT2D eigenvalue weighted by atomic mass is 9.96. The molecule has 0 spiro atoms. The largest absolute Gasteiger partial charge is 0.352 e. The smallest absolute Gasteiger partial charge is 0.257 e. The monoisotopic (exact) mass is 484 g/mol. The fraction of sp³-hybridized carbons (Fsp3) is 0.364. The van der Waals surface area contributed by atoms with Crippen LogP contribution in [0.4, 0.5) is 0 Å². The molecule has 9 heteroatoms. The molecule has 1 aromatic carbocycles. The topological polar surface area (TPSA) is 85.1 Å². The summed E-state index contributed by atoms with van der Waals surface area (Å²) in [6, 6.07) is 7.83. The number of amides is 2. The molecule has 0 unspecified atom stereocenters. The molecule has 3 heterocycles. The second-order valence-corrected chi connectivity index (χ2v) is 8.80. The van der Waals surface area contributed by atoms with Gasteiger partial charge in [0.05, 0.1) is 34.9 Å². The van der Waals surface area contributed by atoms with Gasteiger partial charge in [-0.2, -0.15) is 10.2 Å². The van der Waals surface area contributed by atoms with Gasteiger partial charge in [-0.15, -0.1) is 0 Å². The SMILES string of the molecule is Cc1c(C(=O)N2CCC(CNC(=O)c3cnn(C)c3)CC2)cnn1-c1ccc(Br)cc1. The van der Waals surface area contributed by atoms with Gasteiger partial charge in [-0.3, -0.25) is 14.3 Å². The van der Waals surface area contributed by atoms with Gasteiger partial charge in [0, 0.05) is 37.4 Å². The van der Waals surface area contributed by atoms with E-state index in [1.807, 2.05) is 36.1 Å². The Kier molecular flexibility index (Phi) is 6.22. The predicted molar refractivity (Wildman–Crippen MR) is 120 cm³/mol. The van der Waals surface area contributed by atoms with Crippen LogP contribution in [0.2, 0.25) is 0 Å². The van der Waals surface area contributed by atoms with Gasteiger partial charge in [0.15, 0.2) is 0 Å². The summed E-state index contributed by atoms with van der Waals surface area (Å²) in [5.41, 5.74) is 2.95. The molecule has 1 saturated heterocycles. The van der Waals surface area contributed by atoms with Gasteiger partial charge in [0.2, 0.25) is 0 Å². The predicted octanol–water partition coefficient (Wildman–Crippen LogP) is 2.96. The van der Waals surface area contributed by atoms with Crippen LogP contribution in [0.15, 0.2) is 47.3 Å². The molecule has 31 heavy (non-hydrogen) atoms. The van der Waals surface area contributed by atoms with Gasteiger partial charge >= 0.3 is 0 Å². The van der Waals surface area contributed by atoms with E-state index in [1.165, 1.54) is 0 Å². The summed E-state index contributed by atoms with van der Waals surface area (Å²) < 4.78 is 4.40. The number of nitrogens with one attached hydrogen (secondary N) is 1. The number of piperidine rings is 1. The first-order chi connectivity index (χ1) is 14.9. The Bertz CT molecular complexity index is 1080. The summed E-state index contributed by atoms with van der Waals surface area (Å²) >= 11 is 3.44. The van der Waals surface area contributed by atoms with Crippen LogP contribution in [0.3, 0.4) is 0 Å². The van der Waals surface area contributed by atoms with E-state index in [0.29, 0.717) is 36.7 Å². The molecule has 1 fully saturated rings. The second-order valence-electron chi connectivity index (χ2n) is 7.88. The summed E-state index contributed by atoms with van der Waals surface area (Å²) in [4.78, 5) is 27.1. The third kappa shape index (κ3) is 4.71. The number of halogens is 1. The van der Waals surface area contributed by atoms with Crippen molar-refractivity contribution in [1.82, 2.24) is 29.8 Å². The zero-order valence-corrected chi connectivity index (χ0v) is 19.2. The van der Waals surface area contributed by atoms with Crippen molar-refractivity contribution in [2.75, 3.05) is 19.6 Å². The van der Waals surface area contributed by atoms with Gasteiger partial charge in [0.25, 0.3) is 11.8 Å². The van der Waals surface area contributed by atoms with E-state index in [2.05, 4.69) is 31.4 Å². The van der Waals surface area contributed by atoms with E-state index in [1.54, 1.807) is 35.0 Å². The van der Waals surface area contributed by atoms with Crippen LogP contribution in [0.1, 0.15) is 39.3 Å². The van der Waals surface area contributed by atoms with Crippen molar-refractivity contribution < 1.29 is 9.59 Å². The molecule has 2 aromatic heterocycles. The van der Waals surface area contributed by atoms with E-state index in [0.717, 1.165) is 28.7 Å². The summed E-state index contributed by atoms with van der Waals surface area (Å²) in [5, 5.41) is 11.4. The van der Waals surface area contributed by atoms with Crippen LogP contribution in [0.5, 0.6) is 0 Å². The van der Waals surface area contributed by atoms with Crippen LogP contribution >= 0.6 is 15.9 Å². The number of benzene rings is 1. The minimum Gasteiger partial charge on any atom is -0.352 e. The summed E-state index contributed by atoms with van der Waals surface area (Å²) in [5.74, 6) is 0.262. The Hall–Kier alpha value is -2.94. The van der Waals surface area contributed by atoms with Gasteiger partial charge in [-0.1, -0.05) is 15.9 Å². The van der Waals surface area contributed by atoms with Crippen LogP contribution in [-0.2, 0) is 7.05 Å². The molecular formula is C22H25BrN6O2. The Balaban J connectivity index is 1.32. The minimum atomic E-state index is -0.109. The fourth-order valence-corrected chi connectivity index (χ4v) is 4.11. The van der Waals surface area contributed by atoms with E-state index in [4.69, 9.17) is 0 Å². The quantitative estimate of drug-likeness (QED) is 0.603. The zero-order valence-electron chi connectivity index (χ0n) is 17.6. The number of hydrogen-bond acceptors (Lipinski definition) is 4. The van der Waals surface area contributed by atoms with Crippen molar-refractivity contribution in [3.63, 3.8) is 0 Å². The molecule has 0 radical (unpaired) electrons. The van der Waals surface area contributed by atoms with Crippen LogP contribution < -0.4 is 5.32 Å². The highest BCUT2D eigenvalue weighted by Crippen LogP contribution is 2.22. The van der Waals surface area contributed by atoms with Gasteiger partial charge in [0.1, 0.15) is 0 Å². The number of nitrogens with zero attached hydrogens (tertiary/aromatic N) is 5. The maximum absolute atomic E-state index is 13.1. The second kappa shape index (κ2) is 9.05. The summed E-state index contributed by atoms with van der Waals surface area (Å²) in [6.45, 7) is 3.88. The Labute approximate surface area is 189 Å². The lowest BCUT2D eigenvalue weighted by Gasteiger charge is -2.32. The standard InChI is InChI=1S/C22H25BrN6O2/c1-15-20(13-26-29(15)19-5-3-18(23)4-6-19)22(31)28-9-7-16(8-10-28)11-24-21(30)17-12-25-27(2)14-17/h3-6,12-14,16H,7-11H2,1-2H3,(H,24,30). The zero-order chi connectivity index (χ0) is 22.0. The molecule has 4 rings (SSSR count). The molecule has 0 aliphatic carbocycles. The van der Waals surface area contributed by atoms with Crippen LogP contribution in [-0.4, -0.2) is 55.9 Å². The first-order valence-electron chi connectivity index (χ1n) is 10.3. The molecule has 2 amide bonds. The molecule has 162 valence electrons. The third-order valence-corrected chi connectivity index (χ3v) is 6.26. The number of hydrogen-bond donors (Lipinski definition) is 1. The highest BCUT2D eigenvalue weighted by molar-refractivity contribution is 9.10. The fourth-order valence-electron chi connectivity index (χ4n) is 3.85. The van der Waals surface area contributed by atoms with Crippen LogP contribution in [0, 0.1) is 12.8 Å². The van der Waals surface area contributed by atoms with E-state index < -0.39 is 0 Å². The summed E-state index contributed by atoms with van der Waals surface area (Å²) in [6.07, 6.45) is 6.64.